The van der Waals surface area contributed by atoms with Crippen LogP contribution < -0.4 is 16.4 Å². The van der Waals surface area contributed by atoms with Crippen molar-refractivity contribution >= 4 is 34.8 Å². The molecule has 0 aliphatic carbocycles. The molecule has 0 spiro atoms. The van der Waals surface area contributed by atoms with Crippen LogP contribution in [0.2, 0.25) is 5.02 Å². The molecule has 0 radical (unpaired) electrons. The molecule has 1 atom stereocenters. The van der Waals surface area contributed by atoms with E-state index in [0.29, 0.717) is 28.6 Å². The van der Waals surface area contributed by atoms with Gasteiger partial charge in [0.15, 0.2) is 0 Å². The van der Waals surface area contributed by atoms with Gasteiger partial charge in [-0.05, 0) is 42.8 Å². The minimum absolute atomic E-state index is 0.0472. The fraction of sp³-hybridized carbons (Fsp3) is 0.222. The lowest BCUT2D eigenvalue weighted by Gasteiger charge is -2.35. The van der Waals surface area contributed by atoms with Crippen LogP contribution in [0.1, 0.15) is 22.8 Å². The first-order valence-corrected chi connectivity index (χ1v) is 8.11. The number of hydrogen-bond acceptors (Lipinski definition) is 4. The Bertz CT molecular complexity index is 840. The van der Waals surface area contributed by atoms with E-state index < -0.39 is 5.54 Å². The van der Waals surface area contributed by atoms with Gasteiger partial charge in [-0.25, -0.2) is 0 Å². The molecule has 2 aromatic rings. The second-order valence-electron chi connectivity index (χ2n) is 6.14. The van der Waals surface area contributed by atoms with Crippen LogP contribution in [0, 0.1) is 0 Å². The average molecular weight is 360 g/mol. The molecule has 0 saturated carbocycles. The smallest absolute Gasteiger partial charge is 0.255 e. The molecule has 1 unspecified atom stereocenters. The summed E-state index contributed by atoms with van der Waals surface area (Å²) in [5.74, 6) is -0.486. The molecule has 1 fully saturated rings. The zero-order chi connectivity index (χ0) is 18.0. The molecule has 1 heterocycles. The van der Waals surface area contributed by atoms with Crippen LogP contribution in [0.5, 0.6) is 0 Å². The number of carbonyl (C=O) groups excluding carboxylic acids is 2. The number of morpholine rings is 1. The van der Waals surface area contributed by atoms with Crippen LogP contribution in [0.25, 0.3) is 0 Å². The van der Waals surface area contributed by atoms with E-state index >= 15 is 0 Å². The van der Waals surface area contributed by atoms with Gasteiger partial charge in [0.1, 0.15) is 6.61 Å². The number of nitrogens with one attached hydrogen (secondary N) is 2. The highest BCUT2D eigenvalue weighted by molar-refractivity contribution is 6.31. The lowest BCUT2D eigenvalue weighted by atomic mass is 9.90. The summed E-state index contributed by atoms with van der Waals surface area (Å²) in [6, 6.07) is 11.9. The normalized spacial score (nSPS) is 20.0. The predicted octanol–water partition coefficient (Wildman–Crippen LogP) is 2.54. The van der Waals surface area contributed by atoms with Gasteiger partial charge >= 0.3 is 0 Å². The number of rotatable bonds is 3. The minimum Gasteiger partial charge on any atom is -0.397 e. The Morgan fingerprint density at radius 2 is 2.12 bits per heavy atom. The van der Waals surface area contributed by atoms with Gasteiger partial charge in [-0.2, -0.15) is 0 Å². The third-order valence-corrected chi connectivity index (χ3v) is 4.30. The topological polar surface area (TPSA) is 93.5 Å². The van der Waals surface area contributed by atoms with E-state index in [2.05, 4.69) is 10.6 Å². The molecular formula is C18H18ClN3O3. The van der Waals surface area contributed by atoms with Crippen LogP contribution in [0.4, 0.5) is 11.4 Å². The van der Waals surface area contributed by atoms with E-state index in [-0.39, 0.29) is 18.4 Å². The Kier molecular flexibility index (Phi) is 4.65. The Morgan fingerprint density at radius 3 is 2.84 bits per heavy atom. The Morgan fingerprint density at radius 1 is 1.32 bits per heavy atom. The number of carbonyl (C=O) groups is 2. The van der Waals surface area contributed by atoms with E-state index in [1.165, 1.54) is 0 Å². The van der Waals surface area contributed by atoms with Gasteiger partial charge in [0.2, 0.25) is 5.91 Å². The molecule has 1 aliphatic heterocycles. The molecule has 1 saturated heterocycles. The van der Waals surface area contributed by atoms with Gasteiger partial charge in [-0.15, -0.1) is 0 Å². The largest absolute Gasteiger partial charge is 0.397 e. The van der Waals surface area contributed by atoms with Crippen molar-refractivity contribution in [2.45, 2.75) is 12.5 Å². The standard InChI is InChI=1S/C18H18ClN3O3/c1-18(10-25-9-16(23)22-18)12-4-2-3-11(7-12)17(24)21-15-6-5-13(19)8-14(15)20/h2-8H,9-10,20H2,1H3,(H,21,24)(H,22,23). The van der Waals surface area contributed by atoms with E-state index in [4.69, 9.17) is 22.1 Å². The van der Waals surface area contributed by atoms with Crippen molar-refractivity contribution in [3.63, 3.8) is 0 Å². The fourth-order valence-corrected chi connectivity index (χ4v) is 2.91. The van der Waals surface area contributed by atoms with E-state index in [1.54, 1.807) is 36.4 Å². The third kappa shape index (κ3) is 3.75. The lowest BCUT2D eigenvalue weighted by molar-refractivity contribution is -0.135. The van der Waals surface area contributed by atoms with E-state index in [0.717, 1.165) is 5.56 Å². The van der Waals surface area contributed by atoms with Crippen LogP contribution >= 0.6 is 11.6 Å². The summed E-state index contributed by atoms with van der Waals surface area (Å²) in [6.45, 7) is 2.25. The molecule has 25 heavy (non-hydrogen) atoms. The second-order valence-corrected chi connectivity index (χ2v) is 6.58. The second kappa shape index (κ2) is 6.74. The van der Waals surface area contributed by atoms with Crippen LogP contribution in [0.15, 0.2) is 42.5 Å². The van der Waals surface area contributed by atoms with Crippen LogP contribution in [-0.4, -0.2) is 25.0 Å². The Labute approximate surface area is 150 Å². The zero-order valence-electron chi connectivity index (χ0n) is 13.6. The number of hydrogen-bond donors (Lipinski definition) is 3. The van der Waals surface area contributed by atoms with Crippen molar-refractivity contribution in [3.8, 4) is 0 Å². The molecular weight excluding hydrogens is 342 g/mol. The minimum atomic E-state index is -0.676. The Balaban J connectivity index is 1.83. The highest BCUT2D eigenvalue weighted by Crippen LogP contribution is 2.26. The molecule has 6 nitrogen and oxygen atoms in total. The summed E-state index contributed by atoms with van der Waals surface area (Å²) >= 11 is 5.87. The lowest BCUT2D eigenvalue weighted by Crippen LogP contribution is -2.52. The molecule has 3 rings (SSSR count). The molecule has 130 valence electrons. The fourth-order valence-electron chi connectivity index (χ4n) is 2.73. The highest BCUT2D eigenvalue weighted by atomic mass is 35.5. The van der Waals surface area contributed by atoms with Crippen molar-refractivity contribution in [3.05, 3.63) is 58.6 Å². The number of nitrogen functional groups attached to an aromatic ring is 1. The first-order valence-electron chi connectivity index (χ1n) is 7.73. The van der Waals surface area contributed by atoms with Crippen molar-refractivity contribution in [2.24, 2.45) is 0 Å². The number of nitrogens with two attached hydrogens (primary N) is 1. The van der Waals surface area contributed by atoms with Crippen LogP contribution in [0.3, 0.4) is 0 Å². The van der Waals surface area contributed by atoms with Gasteiger partial charge in [-0.1, -0.05) is 23.7 Å². The molecule has 7 heteroatoms. The zero-order valence-corrected chi connectivity index (χ0v) is 14.4. The summed E-state index contributed by atoms with van der Waals surface area (Å²) in [6.07, 6.45) is 0. The number of amides is 2. The number of halogens is 1. The van der Waals surface area contributed by atoms with Crippen molar-refractivity contribution in [2.75, 3.05) is 24.3 Å². The molecule has 2 amide bonds. The van der Waals surface area contributed by atoms with Gasteiger partial charge in [0.05, 0.1) is 23.5 Å². The number of benzene rings is 2. The van der Waals surface area contributed by atoms with Crippen molar-refractivity contribution < 1.29 is 14.3 Å². The Hall–Kier alpha value is -2.57. The SMILES string of the molecule is CC1(c2cccc(C(=O)Nc3ccc(Cl)cc3N)c2)COCC(=O)N1. The monoisotopic (exact) mass is 359 g/mol. The van der Waals surface area contributed by atoms with Gasteiger partial charge in [0.25, 0.3) is 5.91 Å². The maximum Gasteiger partial charge on any atom is 0.255 e. The molecule has 0 bridgehead atoms. The molecule has 2 aromatic carbocycles. The van der Waals surface area contributed by atoms with E-state index in [1.807, 2.05) is 13.0 Å². The van der Waals surface area contributed by atoms with Crippen molar-refractivity contribution in [1.29, 1.82) is 0 Å². The van der Waals surface area contributed by atoms with Crippen molar-refractivity contribution in [1.82, 2.24) is 5.32 Å². The summed E-state index contributed by atoms with van der Waals surface area (Å²) in [7, 11) is 0. The predicted molar refractivity (Wildman–Crippen MR) is 96.6 cm³/mol. The van der Waals surface area contributed by atoms with E-state index in [9.17, 15) is 9.59 Å². The van der Waals surface area contributed by atoms with Crippen LogP contribution in [-0.2, 0) is 15.1 Å². The number of anilines is 2. The number of ether oxygens (including phenoxy) is 1. The summed E-state index contributed by atoms with van der Waals surface area (Å²) in [5.41, 5.74) is 7.31. The molecule has 4 N–H and O–H groups in total. The summed E-state index contributed by atoms with van der Waals surface area (Å²) < 4.78 is 5.33. The molecule has 1 aliphatic rings. The van der Waals surface area contributed by atoms with Gasteiger partial charge in [-0.3, -0.25) is 9.59 Å². The average Bonchev–Trinajstić information content (AvgIpc) is 2.57. The van der Waals surface area contributed by atoms with Gasteiger partial charge in [0, 0.05) is 10.6 Å². The first-order chi connectivity index (χ1) is 11.9. The summed E-state index contributed by atoms with van der Waals surface area (Å²) in [5, 5.41) is 6.17. The first kappa shape index (κ1) is 17.3. The highest BCUT2D eigenvalue weighted by Gasteiger charge is 2.33. The maximum absolute atomic E-state index is 12.5. The summed E-state index contributed by atoms with van der Waals surface area (Å²) in [4.78, 5) is 24.2. The molecule has 0 aromatic heterocycles. The maximum atomic E-state index is 12.5. The van der Waals surface area contributed by atoms with Gasteiger partial charge < -0.3 is 21.1 Å². The quantitative estimate of drug-likeness (QED) is 0.734. The third-order valence-electron chi connectivity index (χ3n) is 4.06.